The van der Waals surface area contributed by atoms with E-state index in [1.807, 2.05) is 38.1 Å². The first-order valence-electron chi connectivity index (χ1n) is 6.73. The average Bonchev–Trinajstić information content (AvgIpc) is 2.36. The highest BCUT2D eigenvalue weighted by Gasteiger charge is 2.18. The van der Waals surface area contributed by atoms with Crippen LogP contribution in [0.1, 0.15) is 57.8 Å². The van der Waals surface area contributed by atoms with Crippen LogP contribution in [0, 0.1) is 5.92 Å². The largest absolute Gasteiger partial charge is 0.488 e. The van der Waals surface area contributed by atoms with Crippen LogP contribution in [0.5, 0.6) is 5.75 Å². The third-order valence-corrected chi connectivity index (χ3v) is 3.42. The Balaban J connectivity index is 2.89. The molecule has 0 spiro atoms. The van der Waals surface area contributed by atoms with Gasteiger partial charge in [0.15, 0.2) is 5.78 Å². The van der Waals surface area contributed by atoms with Crippen molar-refractivity contribution in [2.24, 2.45) is 5.92 Å². The van der Waals surface area contributed by atoms with E-state index in [2.05, 4.69) is 20.8 Å². The van der Waals surface area contributed by atoms with E-state index in [9.17, 15) is 4.79 Å². The molecule has 0 aliphatic heterocycles. The number of ether oxygens (including phenoxy) is 1. The van der Waals surface area contributed by atoms with E-state index in [1.54, 1.807) is 0 Å². The molecule has 0 aromatic heterocycles. The Kier molecular flexibility index (Phi) is 4.94. The summed E-state index contributed by atoms with van der Waals surface area (Å²) in [5.41, 5.74) is 0.548. The molecule has 0 aliphatic rings. The molecule has 1 aromatic carbocycles. The van der Waals surface area contributed by atoms with Gasteiger partial charge in [-0.15, -0.1) is 0 Å². The first-order valence-corrected chi connectivity index (χ1v) is 6.73. The molecule has 0 N–H and O–H groups in total. The molecule has 0 saturated carbocycles. The highest BCUT2D eigenvalue weighted by molar-refractivity contribution is 5.97. The predicted molar refractivity (Wildman–Crippen MR) is 75.2 cm³/mol. The lowest BCUT2D eigenvalue weighted by molar-refractivity contribution is 0.0919. The second kappa shape index (κ2) is 6.03. The van der Waals surface area contributed by atoms with Gasteiger partial charge in [-0.05, 0) is 38.8 Å². The number of hydrogen-bond donors (Lipinski definition) is 0. The SMILES string of the molecule is CCC(C)C(=O)c1cccc(OC(C)(C)CC)c1. The van der Waals surface area contributed by atoms with Crippen LogP contribution in [-0.2, 0) is 0 Å². The minimum absolute atomic E-state index is 0.0689. The van der Waals surface area contributed by atoms with Gasteiger partial charge in [0.25, 0.3) is 0 Å². The molecular formula is C16H24O2. The quantitative estimate of drug-likeness (QED) is 0.694. The molecule has 100 valence electrons. The number of ketones is 1. The molecule has 0 heterocycles. The van der Waals surface area contributed by atoms with Gasteiger partial charge in [0, 0.05) is 11.5 Å². The van der Waals surface area contributed by atoms with Gasteiger partial charge < -0.3 is 4.74 Å². The summed E-state index contributed by atoms with van der Waals surface area (Å²) < 4.78 is 5.90. The summed E-state index contributed by atoms with van der Waals surface area (Å²) in [5, 5.41) is 0. The van der Waals surface area contributed by atoms with E-state index in [1.165, 1.54) is 0 Å². The highest BCUT2D eigenvalue weighted by atomic mass is 16.5. The van der Waals surface area contributed by atoms with Crippen molar-refractivity contribution >= 4 is 5.78 Å². The fourth-order valence-corrected chi connectivity index (χ4v) is 1.57. The maximum absolute atomic E-state index is 12.1. The normalized spacial score (nSPS) is 13.2. The highest BCUT2D eigenvalue weighted by Crippen LogP contribution is 2.23. The minimum Gasteiger partial charge on any atom is -0.488 e. The minimum atomic E-state index is -0.196. The van der Waals surface area contributed by atoms with E-state index in [4.69, 9.17) is 4.74 Å². The summed E-state index contributed by atoms with van der Waals surface area (Å²) >= 11 is 0. The van der Waals surface area contributed by atoms with Crippen LogP contribution in [-0.4, -0.2) is 11.4 Å². The first-order chi connectivity index (χ1) is 8.39. The molecule has 0 bridgehead atoms. The van der Waals surface area contributed by atoms with E-state index in [0.29, 0.717) is 0 Å². The van der Waals surface area contributed by atoms with Gasteiger partial charge in [0.2, 0.25) is 0 Å². The molecule has 0 aliphatic carbocycles. The van der Waals surface area contributed by atoms with Crippen LogP contribution >= 0.6 is 0 Å². The molecule has 1 rings (SSSR count). The molecule has 1 aromatic rings. The Hall–Kier alpha value is -1.31. The molecular weight excluding hydrogens is 224 g/mol. The molecule has 0 fully saturated rings. The summed E-state index contributed by atoms with van der Waals surface area (Å²) in [4.78, 5) is 12.1. The van der Waals surface area contributed by atoms with Crippen LogP contribution in [0.2, 0.25) is 0 Å². The van der Waals surface area contributed by atoms with Crippen LogP contribution in [0.15, 0.2) is 24.3 Å². The Morgan fingerprint density at radius 1 is 1.33 bits per heavy atom. The molecule has 0 amide bonds. The van der Waals surface area contributed by atoms with Crippen molar-refractivity contribution in [3.63, 3.8) is 0 Å². The second-order valence-electron chi connectivity index (χ2n) is 5.42. The summed E-state index contributed by atoms with van der Waals surface area (Å²) in [6.07, 6.45) is 1.79. The zero-order valence-corrected chi connectivity index (χ0v) is 12.1. The number of benzene rings is 1. The van der Waals surface area contributed by atoms with E-state index in [-0.39, 0.29) is 17.3 Å². The van der Waals surface area contributed by atoms with Crippen LogP contribution < -0.4 is 4.74 Å². The lowest BCUT2D eigenvalue weighted by Crippen LogP contribution is -2.26. The van der Waals surface area contributed by atoms with Gasteiger partial charge in [-0.25, -0.2) is 0 Å². The van der Waals surface area contributed by atoms with Crippen molar-refractivity contribution in [1.29, 1.82) is 0 Å². The van der Waals surface area contributed by atoms with E-state index >= 15 is 0 Å². The fraction of sp³-hybridized carbons (Fsp3) is 0.562. The molecule has 2 heteroatoms. The predicted octanol–water partition coefficient (Wildman–Crippen LogP) is 4.48. The van der Waals surface area contributed by atoms with Gasteiger partial charge >= 0.3 is 0 Å². The van der Waals surface area contributed by atoms with Gasteiger partial charge in [-0.1, -0.05) is 32.9 Å². The Morgan fingerprint density at radius 3 is 2.56 bits per heavy atom. The monoisotopic (exact) mass is 248 g/mol. The van der Waals surface area contributed by atoms with Gasteiger partial charge in [-0.2, -0.15) is 0 Å². The smallest absolute Gasteiger partial charge is 0.165 e. The zero-order valence-electron chi connectivity index (χ0n) is 12.1. The molecule has 0 saturated heterocycles. The lowest BCUT2D eigenvalue weighted by Gasteiger charge is -2.25. The number of Topliss-reactive ketones (excluding diaryl/α,β-unsaturated/α-hetero) is 1. The van der Waals surface area contributed by atoms with Crippen LogP contribution in [0.25, 0.3) is 0 Å². The maximum Gasteiger partial charge on any atom is 0.165 e. The summed E-state index contributed by atoms with van der Waals surface area (Å²) in [5.74, 6) is 1.03. The van der Waals surface area contributed by atoms with Crippen molar-refractivity contribution in [2.75, 3.05) is 0 Å². The topological polar surface area (TPSA) is 26.3 Å². The molecule has 1 unspecified atom stereocenters. The van der Waals surface area contributed by atoms with Gasteiger partial charge in [-0.3, -0.25) is 4.79 Å². The van der Waals surface area contributed by atoms with Gasteiger partial charge in [0.1, 0.15) is 11.4 Å². The van der Waals surface area contributed by atoms with Crippen molar-refractivity contribution in [3.8, 4) is 5.75 Å². The number of hydrogen-bond acceptors (Lipinski definition) is 2. The molecule has 1 atom stereocenters. The van der Waals surface area contributed by atoms with Crippen molar-refractivity contribution in [2.45, 2.75) is 53.1 Å². The van der Waals surface area contributed by atoms with Crippen LogP contribution in [0.3, 0.4) is 0 Å². The third-order valence-electron chi connectivity index (χ3n) is 3.42. The summed E-state index contributed by atoms with van der Waals surface area (Å²) in [6, 6.07) is 7.51. The van der Waals surface area contributed by atoms with Crippen LogP contribution in [0.4, 0.5) is 0 Å². The Morgan fingerprint density at radius 2 is 2.00 bits per heavy atom. The third kappa shape index (κ3) is 3.86. The maximum atomic E-state index is 12.1. The summed E-state index contributed by atoms with van der Waals surface area (Å²) in [7, 11) is 0. The molecule has 2 nitrogen and oxygen atoms in total. The van der Waals surface area contributed by atoms with E-state index < -0.39 is 0 Å². The number of carbonyl (C=O) groups excluding carboxylic acids is 1. The van der Waals surface area contributed by atoms with Crippen molar-refractivity contribution in [1.82, 2.24) is 0 Å². The fourth-order valence-electron chi connectivity index (χ4n) is 1.57. The first kappa shape index (κ1) is 14.7. The zero-order chi connectivity index (χ0) is 13.8. The second-order valence-corrected chi connectivity index (χ2v) is 5.42. The molecule has 0 radical (unpaired) electrons. The Bertz CT molecular complexity index is 407. The lowest BCUT2D eigenvalue weighted by atomic mass is 9.97. The standard InChI is InChI=1S/C16H24O2/c1-6-12(3)15(17)13-9-8-10-14(11-13)18-16(4,5)7-2/h8-12H,6-7H2,1-5H3. The number of rotatable bonds is 6. The average molecular weight is 248 g/mol. The molecule has 18 heavy (non-hydrogen) atoms. The van der Waals surface area contributed by atoms with Gasteiger partial charge in [0.05, 0.1) is 0 Å². The van der Waals surface area contributed by atoms with Crippen molar-refractivity contribution < 1.29 is 9.53 Å². The van der Waals surface area contributed by atoms with Crippen molar-refractivity contribution in [3.05, 3.63) is 29.8 Å². The van der Waals surface area contributed by atoms with E-state index in [0.717, 1.165) is 24.2 Å². The number of carbonyl (C=O) groups is 1. The Labute approximate surface area is 110 Å². The summed E-state index contributed by atoms with van der Waals surface area (Å²) in [6.45, 7) is 10.2.